The summed E-state index contributed by atoms with van der Waals surface area (Å²) in [5, 5.41) is 0. The van der Waals surface area contributed by atoms with E-state index in [1.165, 1.54) is 41.2 Å². The first kappa shape index (κ1) is 13.3. The number of rotatable bonds is 3. The first-order valence-electron chi connectivity index (χ1n) is 6.72. The highest BCUT2D eigenvalue weighted by molar-refractivity contribution is 14.1. The van der Waals surface area contributed by atoms with Gasteiger partial charge in [0, 0.05) is 9.61 Å². The van der Waals surface area contributed by atoms with E-state index in [0.29, 0.717) is 5.92 Å². The van der Waals surface area contributed by atoms with Gasteiger partial charge in [-0.25, -0.2) is 0 Å². The minimum atomic E-state index is 0.234. The SMILES string of the molecule is CCC1CCCC(C(N)c2ccccc2I)C1. The standard InChI is InChI=1S/C15H22IN/c1-2-11-6-5-7-12(10-11)15(17)13-8-3-4-9-14(13)16/h3-4,8-9,11-12,15H,2,5-7,10,17H2,1H3. The smallest absolute Gasteiger partial charge is 0.0334 e. The monoisotopic (exact) mass is 343 g/mol. The fourth-order valence-electron chi connectivity index (χ4n) is 3.03. The normalized spacial score (nSPS) is 26.8. The molecule has 17 heavy (non-hydrogen) atoms. The third-order valence-corrected chi connectivity index (χ3v) is 5.16. The van der Waals surface area contributed by atoms with Crippen LogP contribution >= 0.6 is 22.6 Å². The number of benzene rings is 1. The van der Waals surface area contributed by atoms with Crippen LogP contribution in [-0.2, 0) is 0 Å². The Labute approximate surface area is 118 Å². The highest BCUT2D eigenvalue weighted by atomic mass is 127. The van der Waals surface area contributed by atoms with Crippen LogP contribution in [0.3, 0.4) is 0 Å². The third-order valence-electron chi connectivity index (χ3n) is 4.17. The average molecular weight is 343 g/mol. The van der Waals surface area contributed by atoms with Gasteiger partial charge in [-0.3, -0.25) is 0 Å². The number of hydrogen-bond donors (Lipinski definition) is 1. The summed E-state index contributed by atoms with van der Waals surface area (Å²) in [6.07, 6.45) is 6.71. The quantitative estimate of drug-likeness (QED) is 0.803. The van der Waals surface area contributed by atoms with Gasteiger partial charge in [-0.1, -0.05) is 44.4 Å². The van der Waals surface area contributed by atoms with Gasteiger partial charge in [-0.15, -0.1) is 0 Å². The minimum absolute atomic E-state index is 0.234. The van der Waals surface area contributed by atoms with Crippen molar-refractivity contribution in [3.05, 3.63) is 33.4 Å². The summed E-state index contributed by atoms with van der Waals surface area (Å²) < 4.78 is 1.32. The maximum absolute atomic E-state index is 6.48. The summed E-state index contributed by atoms with van der Waals surface area (Å²) in [7, 11) is 0. The molecule has 0 spiro atoms. The zero-order valence-corrected chi connectivity index (χ0v) is 12.7. The maximum Gasteiger partial charge on any atom is 0.0334 e. The summed E-state index contributed by atoms with van der Waals surface area (Å²) in [5.41, 5.74) is 7.83. The molecule has 1 fully saturated rings. The van der Waals surface area contributed by atoms with Gasteiger partial charge in [-0.2, -0.15) is 0 Å². The Morgan fingerprint density at radius 2 is 2.12 bits per heavy atom. The van der Waals surface area contributed by atoms with Crippen molar-refractivity contribution in [2.75, 3.05) is 0 Å². The Kier molecular flexibility index (Phi) is 4.86. The van der Waals surface area contributed by atoms with Gasteiger partial charge in [0.2, 0.25) is 0 Å². The first-order valence-corrected chi connectivity index (χ1v) is 7.80. The molecule has 0 amide bonds. The molecule has 3 unspecified atom stereocenters. The van der Waals surface area contributed by atoms with Crippen LogP contribution in [0.15, 0.2) is 24.3 Å². The zero-order valence-electron chi connectivity index (χ0n) is 10.5. The molecule has 0 aromatic heterocycles. The molecule has 0 saturated heterocycles. The summed E-state index contributed by atoms with van der Waals surface area (Å²) in [6, 6.07) is 8.79. The maximum atomic E-state index is 6.48. The van der Waals surface area contributed by atoms with Crippen LogP contribution in [0.4, 0.5) is 0 Å². The number of hydrogen-bond acceptors (Lipinski definition) is 1. The largest absolute Gasteiger partial charge is 0.324 e. The van der Waals surface area contributed by atoms with Crippen molar-refractivity contribution in [1.29, 1.82) is 0 Å². The predicted octanol–water partition coefficient (Wildman–Crippen LogP) is 4.51. The van der Waals surface area contributed by atoms with E-state index in [1.54, 1.807) is 0 Å². The molecule has 0 heterocycles. The van der Waals surface area contributed by atoms with Crippen molar-refractivity contribution in [3.63, 3.8) is 0 Å². The van der Waals surface area contributed by atoms with Crippen molar-refractivity contribution in [2.45, 2.75) is 45.1 Å². The molecule has 2 N–H and O–H groups in total. The van der Waals surface area contributed by atoms with Crippen molar-refractivity contribution < 1.29 is 0 Å². The van der Waals surface area contributed by atoms with Gasteiger partial charge in [0.15, 0.2) is 0 Å². The van der Waals surface area contributed by atoms with E-state index in [2.05, 4.69) is 53.8 Å². The van der Waals surface area contributed by atoms with Crippen molar-refractivity contribution >= 4 is 22.6 Å². The summed E-state index contributed by atoms with van der Waals surface area (Å²) >= 11 is 2.41. The summed E-state index contributed by atoms with van der Waals surface area (Å²) in [6.45, 7) is 2.31. The van der Waals surface area contributed by atoms with Crippen LogP contribution in [0, 0.1) is 15.4 Å². The average Bonchev–Trinajstić information content (AvgIpc) is 2.38. The van der Waals surface area contributed by atoms with E-state index in [9.17, 15) is 0 Å². The second-order valence-corrected chi connectivity index (χ2v) is 6.41. The molecule has 3 atom stereocenters. The first-order chi connectivity index (χ1) is 8.22. The molecule has 0 radical (unpaired) electrons. The minimum Gasteiger partial charge on any atom is -0.324 e. The number of halogens is 1. The fourth-order valence-corrected chi connectivity index (χ4v) is 3.78. The lowest BCUT2D eigenvalue weighted by atomic mass is 9.75. The van der Waals surface area contributed by atoms with Crippen molar-refractivity contribution in [3.8, 4) is 0 Å². The third kappa shape index (κ3) is 3.22. The topological polar surface area (TPSA) is 26.0 Å². The van der Waals surface area contributed by atoms with Crippen LogP contribution in [-0.4, -0.2) is 0 Å². The molecule has 2 heteroatoms. The van der Waals surface area contributed by atoms with Gasteiger partial charge < -0.3 is 5.73 Å². The van der Waals surface area contributed by atoms with Crippen LogP contribution in [0.2, 0.25) is 0 Å². The molecule has 2 rings (SSSR count). The van der Waals surface area contributed by atoms with Gasteiger partial charge in [-0.05, 0) is 58.9 Å². The van der Waals surface area contributed by atoms with E-state index in [4.69, 9.17) is 5.73 Å². The Morgan fingerprint density at radius 3 is 2.82 bits per heavy atom. The van der Waals surface area contributed by atoms with E-state index in [-0.39, 0.29) is 6.04 Å². The lowest BCUT2D eigenvalue weighted by molar-refractivity contribution is 0.230. The second-order valence-electron chi connectivity index (χ2n) is 5.25. The Bertz CT molecular complexity index is 364. The molecule has 1 aliphatic carbocycles. The lowest BCUT2D eigenvalue weighted by Crippen LogP contribution is -2.27. The highest BCUT2D eigenvalue weighted by Crippen LogP contribution is 2.38. The van der Waals surface area contributed by atoms with Crippen LogP contribution < -0.4 is 5.73 Å². The molecule has 1 saturated carbocycles. The van der Waals surface area contributed by atoms with E-state index >= 15 is 0 Å². The van der Waals surface area contributed by atoms with Gasteiger partial charge in [0.1, 0.15) is 0 Å². The summed E-state index contributed by atoms with van der Waals surface area (Å²) in [4.78, 5) is 0. The second kappa shape index (κ2) is 6.19. The molecule has 1 aromatic carbocycles. The van der Waals surface area contributed by atoms with E-state index in [0.717, 1.165) is 5.92 Å². The van der Waals surface area contributed by atoms with Gasteiger partial charge in [0.05, 0.1) is 0 Å². The van der Waals surface area contributed by atoms with Crippen molar-refractivity contribution in [2.24, 2.45) is 17.6 Å². The lowest BCUT2D eigenvalue weighted by Gasteiger charge is -2.33. The molecular weight excluding hydrogens is 321 g/mol. The molecule has 1 aliphatic rings. The molecule has 1 aromatic rings. The highest BCUT2D eigenvalue weighted by Gasteiger charge is 2.27. The summed E-state index contributed by atoms with van der Waals surface area (Å²) in [5.74, 6) is 1.59. The zero-order chi connectivity index (χ0) is 12.3. The Morgan fingerprint density at radius 1 is 1.35 bits per heavy atom. The molecule has 94 valence electrons. The Balaban J connectivity index is 2.09. The van der Waals surface area contributed by atoms with Gasteiger partial charge in [0.25, 0.3) is 0 Å². The molecule has 1 nitrogen and oxygen atoms in total. The molecule has 0 aliphatic heterocycles. The van der Waals surface area contributed by atoms with Crippen LogP contribution in [0.5, 0.6) is 0 Å². The predicted molar refractivity (Wildman–Crippen MR) is 81.8 cm³/mol. The van der Waals surface area contributed by atoms with Crippen LogP contribution in [0.1, 0.15) is 50.6 Å². The number of nitrogens with two attached hydrogens (primary N) is 1. The van der Waals surface area contributed by atoms with Crippen LogP contribution in [0.25, 0.3) is 0 Å². The fraction of sp³-hybridized carbons (Fsp3) is 0.600. The van der Waals surface area contributed by atoms with Gasteiger partial charge >= 0.3 is 0 Å². The van der Waals surface area contributed by atoms with E-state index in [1.807, 2.05) is 0 Å². The Hall–Kier alpha value is -0.0900. The molecule has 0 bridgehead atoms. The molecular formula is C15H22IN. The van der Waals surface area contributed by atoms with Crippen molar-refractivity contribution in [1.82, 2.24) is 0 Å². The van der Waals surface area contributed by atoms with E-state index < -0.39 is 0 Å².